The van der Waals surface area contributed by atoms with Gasteiger partial charge in [-0.15, -0.1) is 0 Å². The molecule has 1 atom stereocenters. The lowest BCUT2D eigenvalue weighted by molar-refractivity contribution is -0.130. The molecule has 5 nitrogen and oxygen atoms in total. The molecule has 1 fully saturated rings. The van der Waals surface area contributed by atoms with Gasteiger partial charge in [-0.2, -0.15) is 0 Å². The van der Waals surface area contributed by atoms with Gasteiger partial charge in [0, 0.05) is 46.1 Å². The van der Waals surface area contributed by atoms with Gasteiger partial charge in [-0.3, -0.25) is 9.69 Å². The fraction of sp³-hybridized carbons (Fsp3) is 0.846. The number of carbonyl (C=O) groups is 1. The molecule has 0 radical (unpaired) electrons. The van der Waals surface area contributed by atoms with Crippen LogP contribution < -0.4 is 5.73 Å². The van der Waals surface area contributed by atoms with Crippen molar-refractivity contribution in [1.29, 1.82) is 0 Å². The van der Waals surface area contributed by atoms with Crippen molar-refractivity contribution in [2.45, 2.75) is 32.3 Å². The summed E-state index contributed by atoms with van der Waals surface area (Å²) in [6.45, 7) is 6.15. The number of thiocarbonyl (C=S) groups is 1. The van der Waals surface area contributed by atoms with Crippen LogP contribution in [0.2, 0.25) is 0 Å². The van der Waals surface area contributed by atoms with Crippen LogP contribution in [0.5, 0.6) is 0 Å². The SMILES string of the molecule is CCC1CN(CCC(=O)N(C)CCC(N)=S)CCO1. The minimum Gasteiger partial charge on any atom is -0.393 e. The number of carbonyl (C=O) groups excluding carboxylic acids is 1. The highest BCUT2D eigenvalue weighted by Crippen LogP contribution is 2.08. The van der Waals surface area contributed by atoms with Gasteiger partial charge in [0.2, 0.25) is 5.91 Å². The molecule has 1 saturated heterocycles. The lowest BCUT2D eigenvalue weighted by Crippen LogP contribution is -2.43. The Balaban J connectivity index is 2.23. The highest BCUT2D eigenvalue weighted by atomic mass is 32.1. The third-order valence-corrected chi connectivity index (χ3v) is 3.64. The van der Waals surface area contributed by atoms with E-state index in [2.05, 4.69) is 11.8 Å². The molecule has 0 aliphatic carbocycles. The maximum atomic E-state index is 11.9. The predicted octanol–water partition coefficient (Wildman–Crippen LogP) is 0.622. The Morgan fingerprint density at radius 3 is 2.89 bits per heavy atom. The zero-order chi connectivity index (χ0) is 14.3. The molecule has 0 bridgehead atoms. The van der Waals surface area contributed by atoms with Crippen molar-refractivity contribution in [3.63, 3.8) is 0 Å². The summed E-state index contributed by atoms with van der Waals surface area (Å²) in [5.41, 5.74) is 5.43. The molecule has 0 aromatic rings. The quantitative estimate of drug-likeness (QED) is 0.696. The molecule has 0 spiro atoms. The van der Waals surface area contributed by atoms with Crippen LogP contribution in [0.4, 0.5) is 0 Å². The lowest BCUT2D eigenvalue weighted by atomic mass is 10.2. The minimum absolute atomic E-state index is 0.149. The van der Waals surface area contributed by atoms with Crippen LogP contribution in [0.25, 0.3) is 0 Å². The normalized spacial score (nSPS) is 20.2. The number of morpholine rings is 1. The highest BCUT2D eigenvalue weighted by Gasteiger charge is 2.19. The molecule has 1 unspecified atom stereocenters. The Hall–Kier alpha value is -0.720. The predicted molar refractivity (Wildman–Crippen MR) is 80.1 cm³/mol. The fourth-order valence-corrected chi connectivity index (χ4v) is 2.17. The molecule has 1 amide bonds. The Morgan fingerprint density at radius 2 is 2.26 bits per heavy atom. The van der Waals surface area contributed by atoms with Crippen LogP contribution in [0, 0.1) is 0 Å². The average Bonchev–Trinajstić information content (AvgIpc) is 2.42. The van der Waals surface area contributed by atoms with Crippen LogP contribution in [0.1, 0.15) is 26.2 Å². The molecule has 1 aliphatic heterocycles. The molecule has 1 rings (SSSR count). The number of nitrogens with zero attached hydrogens (tertiary/aromatic N) is 2. The molecule has 1 heterocycles. The molecule has 0 saturated carbocycles. The van der Waals surface area contributed by atoms with Crippen LogP contribution in [0.3, 0.4) is 0 Å². The van der Waals surface area contributed by atoms with Crippen molar-refractivity contribution in [3.8, 4) is 0 Å². The Kier molecular flexibility index (Phi) is 7.27. The van der Waals surface area contributed by atoms with E-state index in [-0.39, 0.29) is 5.91 Å². The van der Waals surface area contributed by atoms with Crippen molar-refractivity contribution in [3.05, 3.63) is 0 Å². The van der Waals surface area contributed by atoms with Crippen LogP contribution >= 0.6 is 12.2 Å². The molecule has 0 aromatic heterocycles. The second-order valence-electron chi connectivity index (χ2n) is 4.98. The average molecular weight is 287 g/mol. The topological polar surface area (TPSA) is 58.8 Å². The number of hydrogen-bond acceptors (Lipinski definition) is 4. The van der Waals surface area contributed by atoms with Gasteiger partial charge < -0.3 is 15.4 Å². The van der Waals surface area contributed by atoms with E-state index in [1.807, 2.05) is 0 Å². The first kappa shape index (κ1) is 16.3. The van der Waals surface area contributed by atoms with Gasteiger partial charge in [0.15, 0.2) is 0 Å². The Labute approximate surface area is 121 Å². The largest absolute Gasteiger partial charge is 0.393 e. The zero-order valence-electron chi connectivity index (χ0n) is 11.9. The number of hydrogen-bond donors (Lipinski definition) is 1. The van der Waals surface area contributed by atoms with Crippen molar-refractivity contribution in [1.82, 2.24) is 9.80 Å². The molecule has 0 aromatic carbocycles. The summed E-state index contributed by atoms with van der Waals surface area (Å²) < 4.78 is 5.61. The van der Waals surface area contributed by atoms with E-state index in [0.29, 0.717) is 30.5 Å². The maximum absolute atomic E-state index is 11.9. The number of amides is 1. The summed E-state index contributed by atoms with van der Waals surface area (Å²) in [5.74, 6) is 0.149. The van der Waals surface area contributed by atoms with Crippen molar-refractivity contribution >= 4 is 23.1 Å². The van der Waals surface area contributed by atoms with E-state index < -0.39 is 0 Å². The first-order valence-corrected chi connectivity index (χ1v) is 7.30. The van der Waals surface area contributed by atoms with E-state index in [9.17, 15) is 4.79 Å². The molecular formula is C13H25N3O2S. The summed E-state index contributed by atoms with van der Waals surface area (Å²) >= 11 is 4.81. The van der Waals surface area contributed by atoms with Crippen molar-refractivity contribution in [2.24, 2.45) is 5.73 Å². The third-order valence-electron chi connectivity index (χ3n) is 3.44. The zero-order valence-corrected chi connectivity index (χ0v) is 12.7. The van der Waals surface area contributed by atoms with Crippen LogP contribution in [0.15, 0.2) is 0 Å². The van der Waals surface area contributed by atoms with E-state index in [1.54, 1.807) is 11.9 Å². The number of ether oxygens (including phenoxy) is 1. The van der Waals surface area contributed by atoms with Gasteiger partial charge in [0.1, 0.15) is 0 Å². The first-order chi connectivity index (χ1) is 9.02. The maximum Gasteiger partial charge on any atom is 0.223 e. The van der Waals surface area contributed by atoms with Gasteiger partial charge in [-0.1, -0.05) is 19.1 Å². The number of rotatable bonds is 7. The van der Waals surface area contributed by atoms with Gasteiger partial charge >= 0.3 is 0 Å². The molecule has 19 heavy (non-hydrogen) atoms. The summed E-state index contributed by atoms with van der Waals surface area (Å²) in [4.78, 5) is 16.4. The van der Waals surface area contributed by atoms with Gasteiger partial charge in [0.05, 0.1) is 17.7 Å². The molecule has 110 valence electrons. The fourth-order valence-electron chi connectivity index (χ4n) is 2.08. The summed E-state index contributed by atoms with van der Waals surface area (Å²) in [6.07, 6.45) is 2.48. The van der Waals surface area contributed by atoms with E-state index in [4.69, 9.17) is 22.7 Å². The monoisotopic (exact) mass is 287 g/mol. The lowest BCUT2D eigenvalue weighted by Gasteiger charge is -2.32. The van der Waals surface area contributed by atoms with Crippen molar-refractivity contribution in [2.75, 3.05) is 39.8 Å². The number of nitrogens with two attached hydrogens (primary N) is 1. The van der Waals surface area contributed by atoms with Gasteiger partial charge in [-0.05, 0) is 6.42 Å². The van der Waals surface area contributed by atoms with Crippen LogP contribution in [-0.2, 0) is 9.53 Å². The second-order valence-corrected chi connectivity index (χ2v) is 5.51. The smallest absolute Gasteiger partial charge is 0.223 e. The van der Waals surface area contributed by atoms with Crippen molar-refractivity contribution < 1.29 is 9.53 Å². The molecule has 2 N–H and O–H groups in total. The minimum atomic E-state index is 0.149. The van der Waals surface area contributed by atoms with E-state index in [1.165, 1.54) is 0 Å². The van der Waals surface area contributed by atoms with E-state index in [0.717, 1.165) is 32.7 Å². The standard InChI is InChI=1S/C13H25N3O2S/c1-3-11-10-16(8-9-18-11)7-5-13(17)15(2)6-4-12(14)19/h11H,3-10H2,1-2H3,(H2,14,19). The summed E-state index contributed by atoms with van der Waals surface area (Å²) in [5, 5.41) is 0. The molecular weight excluding hydrogens is 262 g/mol. The summed E-state index contributed by atoms with van der Waals surface area (Å²) in [7, 11) is 1.80. The Morgan fingerprint density at radius 1 is 1.53 bits per heavy atom. The van der Waals surface area contributed by atoms with Crippen LogP contribution in [-0.4, -0.2) is 66.6 Å². The molecule has 6 heteroatoms. The Bertz CT molecular complexity index is 312. The second kappa shape index (κ2) is 8.45. The third kappa shape index (κ3) is 6.31. The summed E-state index contributed by atoms with van der Waals surface area (Å²) in [6, 6.07) is 0. The van der Waals surface area contributed by atoms with Gasteiger partial charge in [-0.25, -0.2) is 0 Å². The van der Waals surface area contributed by atoms with E-state index >= 15 is 0 Å². The molecule has 1 aliphatic rings. The first-order valence-electron chi connectivity index (χ1n) is 6.89. The van der Waals surface area contributed by atoms with Gasteiger partial charge in [0.25, 0.3) is 0 Å². The highest BCUT2D eigenvalue weighted by molar-refractivity contribution is 7.80.